The van der Waals surface area contributed by atoms with Crippen LogP contribution in [0.4, 0.5) is 0 Å². The molecule has 0 amide bonds. The molecule has 7 aromatic carbocycles. The Bertz CT molecular complexity index is 3610. The van der Waals surface area contributed by atoms with E-state index in [1.54, 1.807) is 12.3 Å². The average Bonchev–Trinajstić information content (AvgIpc) is 3.89. The molecular formula is C60H60IrN4Si-2. The summed E-state index contributed by atoms with van der Waals surface area (Å²) in [6, 6.07) is 52.4. The van der Waals surface area contributed by atoms with Crippen molar-refractivity contribution in [2.24, 2.45) is 5.92 Å². The summed E-state index contributed by atoms with van der Waals surface area (Å²) in [5, 5.41) is 5.87. The van der Waals surface area contributed by atoms with Crippen molar-refractivity contribution in [3.8, 4) is 34.0 Å². The van der Waals surface area contributed by atoms with Crippen molar-refractivity contribution in [1.29, 1.82) is 0 Å². The van der Waals surface area contributed by atoms with E-state index in [0.717, 1.165) is 38.8 Å². The second-order valence-electron chi connectivity index (χ2n) is 18.8. The molecular weight excluding hydrogens is 997 g/mol. The first-order chi connectivity index (χ1) is 34.1. The molecule has 0 saturated carbocycles. The van der Waals surface area contributed by atoms with E-state index in [1.807, 2.05) is 13.8 Å². The van der Waals surface area contributed by atoms with Crippen LogP contribution in [0.3, 0.4) is 0 Å². The van der Waals surface area contributed by atoms with Crippen LogP contribution in [0.25, 0.3) is 77.6 Å². The van der Waals surface area contributed by atoms with Gasteiger partial charge < -0.3 is 14.1 Å². The molecule has 10 aromatic rings. The summed E-state index contributed by atoms with van der Waals surface area (Å²) in [4.78, 5) is 9.75. The Balaban J connectivity index is 0.000000214. The van der Waals surface area contributed by atoms with Crippen LogP contribution < -0.4 is 5.19 Å². The minimum absolute atomic E-state index is 0. The number of fused-ring (bicyclic) bond motifs is 6. The number of rotatable bonds is 9. The largest absolute Gasteiger partial charge is 0.351 e. The van der Waals surface area contributed by atoms with Crippen molar-refractivity contribution in [3.63, 3.8) is 0 Å². The van der Waals surface area contributed by atoms with Gasteiger partial charge in [0.1, 0.15) is 0 Å². The van der Waals surface area contributed by atoms with E-state index in [-0.39, 0.29) is 43.7 Å². The zero-order valence-electron chi connectivity index (χ0n) is 46.1. The number of pyridine rings is 1. The van der Waals surface area contributed by atoms with Gasteiger partial charge in [-0.05, 0) is 98.1 Å². The fraction of sp³-hybridized carbons (Fsp3) is 0.233. The molecule has 0 unspecified atom stereocenters. The average molecular weight is 1060 g/mol. The van der Waals surface area contributed by atoms with Gasteiger partial charge in [-0.25, -0.2) is 0 Å². The monoisotopic (exact) mass is 1060 g/mol. The van der Waals surface area contributed by atoms with Crippen molar-refractivity contribution >= 4 is 56.9 Å². The maximum absolute atomic E-state index is 8.60. The number of hydrogen-bond donors (Lipinski definition) is 0. The van der Waals surface area contributed by atoms with Crippen LogP contribution in [0.15, 0.2) is 152 Å². The maximum atomic E-state index is 8.60. The van der Waals surface area contributed by atoms with Crippen molar-refractivity contribution in [1.82, 2.24) is 19.1 Å². The van der Waals surface area contributed by atoms with Crippen LogP contribution in [0.1, 0.15) is 85.2 Å². The Labute approximate surface area is 416 Å². The van der Waals surface area contributed by atoms with Crippen molar-refractivity contribution < 1.29 is 29.7 Å². The Hall–Kier alpha value is -5.91. The number of nitrogens with zero attached hydrogens (tertiary/aromatic N) is 4. The second-order valence-corrected chi connectivity index (χ2v) is 23.9. The SMILES string of the molecule is CC(C)c1cccc(C(C)C)c1-n1c(-c2[c-]cc3c(c2)c2c4ccccc4ccc2n3-c2ccccc2)nc2ccccc21.[2H]c1[c-]c(-c2cc(C([2H])([2H])C(C)C)c([Si](C)(C)C)cn2)cc([2H])c1C([2H])([2H])[2H].[Ir]. The number of benzene rings is 7. The molecule has 0 N–H and O–H groups in total. The molecule has 0 spiro atoms. The van der Waals surface area contributed by atoms with E-state index in [0.29, 0.717) is 28.7 Å². The summed E-state index contributed by atoms with van der Waals surface area (Å²) in [6.45, 7) is 16.6. The summed E-state index contributed by atoms with van der Waals surface area (Å²) in [5.41, 5.74) is 11.4. The minimum Gasteiger partial charge on any atom is -0.351 e. The van der Waals surface area contributed by atoms with Gasteiger partial charge in [-0.2, -0.15) is 0 Å². The molecule has 3 heterocycles. The van der Waals surface area contributed by atoms with Gasteiger partial charge >= 0.3 is 0 Å². The van der Waals surface area contributed by atoms with Gasteiger partial charge in [0.2, 0.25) is 0 Å². The molecule has 0 atom stereocenters. The molecule has 0 aliphatic heterocycles. The van der Waals surface area contributed by atoms with Gasteiger partial charge in [0.05, 0.1) is 24.9 Å². The molecule has 0 fully saturated rings. The predicted octanol–water partition coefficient (Wildman–Crippen LogP) is 15.6. The minimum atomic E-state index is -2.56. The molecule has 0 saturated heterocycles. The van der Waals surface area contributed by atoms with Gasteiger partial charge in [-0.1, -0.05) is 164 Å². The van der Waals surface area contributed by atoms with Crippen LogP contribution in [0, 0.1) is 24.9 Å². The molecule has 6 heteroatoms. The number of para-hydroxylation sites is 4. The van der Waals surface area contributed by atoms with Crippen LogP contribution >= 0.6 is 0 Å². The van der Waals surface area contributed by atoms with E-state index in [9.17, 15) is 0 Å². The van der Waals surface area contributed by atoms with E-state index in [1.165, 1.54) is 49.9 Å². The number of aromatic nitrogens is 4. The van der Waals surface area contributed by atoms with Gasteiger partial charge in [-0.3, -0.25) is 4.98 Å². The van der Waals surface area contributed by atoms with Crippen molar-refractivity contribution in [2.45, 2.75) is 86.2 Å². The quantitative estimate of drug-likeness (QED) is 0.107. The van der Waals surface area contributed by atoms with Crippen LogP contribution in [-0.4, -0.2) is 27.2 Å². The normalized spacial score (nSPS) is 13.8. The van der Waals surface area contributed by atoms with Gasteiger partial charge in [-0.15, -0.1) is 59.1 Å². The van der Waals surface area contributed by atoms with E-state index < -0.39 is 21.3 Å². The van der Waals surface area contributed by atoms with Gasteiger partial charge in [0.15, 0.2) is 0 Å². The van der Waals surface area contributed by atoms with E-state index in [2.05, 4.69) is 195 Å². The van der Waals surface area contributed by atoms with Crippen LogP contribution in [0.2, 0.25) is 19.6 Å². The Morgan fingerprint density at radius 3 is 2.11 bits per heavy atom. The fourth-order valence-corrected chi connectivity index (χ4v) is 10.4. The van der Waals surface area contributed by atoms with Crippen LogP contribution in [0.5, 0.6) is 0 Å². The van der Waals surface area contributed by atoms with Crippen molar-refractivity contribution in [3.05, 3.63) is 186 Å². The standard InChI is InChI=1S/C41H34N3.C19H26NSi.Ir/c1-26(2)31-17-12-18-32(27(3)4)40(31)44-37-20-11-10-19-35(37)42-41(44)29-22-23-36-34(25-29)39-33-16-9-8-13-28(33)21-24-38(39)43(36)30-14-6-5-7-15-30;1-14(2)11-17-12-18(16-9-7-15(3)8-10-16)20-13-19(17)21(4,5)6;/h5-21,23-27H,1-4H3;7-9,12-14H,11H2,1-6H3;/q2*-1;/i;3D3,7D,8D,11D2;. The third kappa shape index (κ3) is 8.99. The number of imidazole rings is 1. The zero-order chi connectivity index (χ0) is 51.6. The predicted molar refractivity (Wildman–Crippen MR) is 280 cm³/mol. The molecule has 1 radical (unpaired) electrons. The third-order valence-corrected chi connectivity index (χ3v) is 14.1. The zero-order valence-corrected chi connectivity index (χ0v) is 42.5. The molecule has 0 bridgehead atoms. The maximum Gasteiger partial charge on any atom is 0.0798 e. The summed E-state index contributed by atoms with van der Waals surface area (Å²) in [6.07, 6.45) is 0.120. The summed E-state index contributed by atoms with van der Waals surface area (Å²) in [5.74, 6) is 1.39. The molecule has 335 valence electrons. The summed E-state index contributed by atoms with van der Waals surface area (Å²) >= 11 is 0. The Morgan fingerprint density at radius 2 is 1.41 bits per heavy atom. The first kappa shape index (κ1) is 38.2. The third-order valence-electron chi connectivity index (χ3n) is 12.1. The molecule has 0 aliphatic carbocycles. The number of hydrogen-bond acceptors (Lipinski definition) is 2. The molecule has 4 nitrogen and oxygen atoms in total. The fourth-order valence-electron chi connectivity index (χ4n) is 9.03. The van der Waals surface area contributed by atoms with Crippen molar-refractivity contribution in [2.75, 3.05) is 0 Å². The molecule has 66 heavy (non-hydrogen) atoms. The molecule has 10 rings (SSSR count). The Kier molecular flexibility index (Phi) is 11.1. The van der Waals surface area contributed by atoms with E-state index in [4.69, 9.17) is 14.6 Å². The Morgan fingerprint density at radius 1 is 0.697 bits per heavy atom. The summed E-state index contributed by atoms with van der Waals surface area (Å²) < 4.78 is 60.5. The van der Waals surface area contributed by atoms with Gasteiger partial charge in [0.25, 0.3) is 0 Å². The van der Waals surface area contributed by atoms with Crippen LogP contribution in [-0.2, 0) is 26.5 Å². The second kappa shape index (κ2) is 19.1. The molecule has 0 aliphatic rings. The first-order valence-corrected chi connectivity index (χ1v) is 26.2. The smallest absolute Gasteiger partial charge is 0.0798 e. The topological polar surface area (TPSA) is 35.6 Å². The van der Waals surface area contributed by atoms with E-state index >= 15 is 0 Å². The molecule has 3 aromatic heterocycles. The first-order valence-electron chi connectivity index (χ1n) is 26.2. The summed E-state index contributed by atoms with van der Waals surface area (Å²) in [7, 11) is -1.87. The van der Waals surface area contributed by atoms with Gasteiger partial charge in [0, 0.05) is 52.8 Å².